The highest BCUT2D eigenvalue weighted by Crippen LogP contribution is 2.30. The van der Waals surface area contributed by atoms with Gasteiger partial charge in [-0.1, -0.05) is 155 Å². The number of carboxylic acid groups (broad SMARTS) is 3. The third-order valence-electron chi connectivity index (χ3n) is 11.1. The van der Waals surface area contributed by atoms with Crippen molar-refractivity contribution in [2.24, 2.45) is 0 Å². The Balaban J connectivity index is 0.000000247. The van der Waals surface area contributed by atoms with Crippen molar-refractivity contribution in [3.05, 3.63) is 210 Å². The number of aryl methyl sites for hydroxylation is 2. The van der Waals surface area contributed by atoms with Gasteiger partial charge in [0.25, 0.3) is 0 Å². The van der Waals surface area contributed by atoms with Crippen LogP contribution in [-0.4, -0.2) is 69.1 Å². The normalized spacial score (nSPS) is 12.0. The number of rotatable bonds is 21. The molecule has 402 valence electrons. The summed E-state index contributed by atoms with van der Waals surface area (Å²) >= 11 is 23.6. The molecule has 76 heavy (non-hydrogen) atoms. The molecule has 3 amide bonds. The lowest BCUT2D eigenvalue weighted by atomic mass is 10.0. The van der Waals surface area contributed by atoms with Crippen LogP contribution in [0.1, 0.15) is 69.3 Å². The summed E-state index contributed by atoms with van der Waals surface area (Å²) in [6.07, 6.45) is -3.98. The minimum atomic E-state index is -4.49. The van der Waals surface area contributed by atoms with E-state index in [0.717, 1.165) is 45.5 Å². The fourth-order valence-electron chi connectivity index (χ4n) is 7.98. The highest BCUT2D eigenvalue weighted by molar-refractivity contribution is 6.42. The van der Waals surface area contributed by atoms with Gasteiger partial charge in [-0.3, -0.25) is 28.8 Å². The Morgan fingerprint density at radius 2 is 0.868 bits per heavy atom. The zero-order valence-corrected chi connectivity index (χ0v) is 44.3. The zero-order chi connectivity index (χ0) is 56.0. The van der Waals surface area contributed by atoms with Crippen molar-refractivity contribution in [1.29, 1.82) is 0 Å². The Hall–Kier alpha value is -6.91. The number of aliphatic carboxylic acids is 3. The standard InChI is InChI=1S/C20H22ClNO3.C19H17ClF3NO3.C18H17Cl2NO3/c1-13-7-14(2)9-16(8-13)11-19(23)22-18(12-20(24)25)10-15-3-5-17(21)6-4-15;20-15-6-2-4-13(8-15)10-17(25)24-16(11-18(26)27)9-12-3-1-5-14(7-12)19(21,22)23;19-15-7-6-13(9-16(15)20)8-14(11-18(23)24)21-17(22)10-12-4-2-1-3-5-12/h3-9,18H,10-12H2,1-2H3,(H,22,23)(H,24,25);1-8,16H,9-11H2,(H,24,25)(H,26,27);1-7,9,14H,8,10-11H2,(H,21,22)(H,23,24)/t18-;16-;14-/m000/s1. The molecule has 0 aliphatic heterocycles. The van der Waals surface area contributed by atoms with Gasteiger partial charge in [0, 0.05) is 28.2 Å². The number of amides is 3. The van der Waals surface area contributed by atoms with Crippen LogP contribution >= 0.6 is 46.4 Å². The van der Waals surface area contributed by atoms with Crippen LogP contribution in [-0.2, 0) is 73.5 Å². The number of alkyl halides is 3. The molecule has 6 aromatic carbocycles. The molecule has 0 unspecified atom stereocenters. The summed E-state index contributed by atoms with van der Waals surface area (Å²) in [4.78, 5) is 70.0. The predicted octanol–water partition coefficient (Wildman–Crippen LogP) is 11.5. The first-order chi connectivity index (χ1) is 35.9. The van der Waals surface area contributed by atoms with Crippen molar-refractivity contribution < 1.29 is 57.3 Å². The SMILES string of the molecule is Cc1cc(C)cc(CC(=O)N[C@H](CC(=O)O)Cc2ccc(Cl)cc2)c1.O=C(O)C[C@H](Cc1ccc(Cl)c(Cl)c1)NC(=O)Cc1ccccc1.O=C(O)C[C@H](Cc1cccc(C(F)(F)F)c1)NC(=O)Cc1cccc(Cl)c1. The molecule has 19 heteroatoms. The number of hydrogen-bond donors (Lipinski definition) is 6. The maximum absolute atomic E-state index is 12.8. The van der Waals surface area contributed by atoms with Crippen LogP contribution in [0.4, 0.5) is 13.2 Å². The lowest BCUT2D eigenvalue weighted by molar-refractivity contribution is -0.139. The van der Waals surface area contributed by atoms with E-state index in [4.69, 9.17) is 61.7 Å². The van der Waals surface area contributed by atoms with E-state index in [1.165, 1.54) is 12.1 Å². The maximum Gasteiger partial charge on any atom is 0.416 e. The lowest BCUT2D eigenvalue weighted by Gasteiger charge is -2.18. The fourth-order valence-corrected chi connectivity index (χ4v) is 8.64. The van der Waals surface area contributed by atoms with Gasteiger partial charge >= 0.3 is 24.1 Å². The molecule has 0 spiro atoms. The monoisotopic (exact) mass is 1120 g/mol. The average molecular weight is 1130 g/mol. The van der Waals surface area contributed by atoms with Crippen molar-refractivity contribution in [1.82, 2.24) is 16.0 Å². The summed E-state index contributed by atoms with van der Waals surface area (Å²) in [5.74, 6) is -3.89. The number of carbonyl (C=O) groups excluding carboxylic acids is 3. The predicted molar refractivity (Wildman–Crippen MR) is 288 cm³/mol. The molecule has 6 aromatic rings. The van der Waals surface area contributed by atoms with E-state index < -0.39 is 60.1 Å². The third kappa shape index (κ3) is 24.2. The minimum Gasteiger partial charge on any atom is -0.481 e. The smallest absolute Gasteiger partial charge is 0.416 e. The largest absolute Gasteiger partial charge is 0.481 e. The quantitative estimate of drug-likeness (QED) is 0.0406. The number of benzene rings is 6. The molecule has 0 saturated carbocycles. The van der Waals surface area contributed by atoms with Crippen molar-refractivity contribution in [2.75, 3.05) is 0 Å². The van der Waals surface area contributed by atoms with E-state index in [1.54, 1.807) is 54.6 Å². The number of nitrogens with one attached hydrogen (secondary N) is 3. The van der Waals surface area contributed by atoms with E-state index in [9.17, 15) is 41.9 Å². The average Bonchev–Trinajstić information content (AvgIpc) is 3.30. The molecule has 0 aromatic heterocycles. The summed E-state index contributed by atoms with van der Waals surface area (Å²) < 4.78 is 38.5. The lowest BCUT2D eigenvalue weighted by Crippen LogP contribution is -2.39. The highest BCUT2D eigenvalue weighted by Gasteiger charge is 2.31. The van der Waals surface area contributed by atoms with Gasteiger partial charge in [0.05, 0.1) is 54.1 Å². The molecule has 0 saturated heterocycles. The van der Waals surface area contributed by atoms with Crippen LogP contribution < -0.4 is 16.0 Å². The third-order valence-corrected chi connectivity index (χ3v) is 12.3. The Bertz CT molecular complexity index is 2910. The van der Waals surface area contributed by atoms with Gasteiger partial charge in [0.2, 0.25) is 17.7 Å². The van der Waals surface area contributed by atoms with E-state index in [2.05, 4.69) is 22.0 Å². The van der Waals surface area contributed by atoms with E-state index >= 15 is 0 Å². The van der Waals surface area contributed by atoms with Gasteiger partial charge in [-0.15, -0.1) is 0 Å². The van der Waals surface area contributed by atoms with Crippen LogP contribution in [0, 0.1) is 13.8 Å². The molecule has 0 radical (unpaired) electrons. The number of carboxylic acids is 3. The Kier molecular flexibility index (Phi) is 24.8. The van der Waals surface area contributed by atoms with Gasteiger partial charge in [0.15, 0.2) is 0 Å². The van der Waals surface area contributed by atoms with Gasteiger partial charge in [-0.2, -0.15) is 13.2 Å². The summed E-state index contributed by atoms with van der Waals surface area (Å²) in [6.45, 7) is 3.98. The maximum atomic E-state index is 12.8. The van der Waals surface area contributed by atoms with Gasteiger partial charge in [0.1, 0.15) is 0 Å². The molecular formula is C57H56Cl4F3N3O9. The van der Waals surface area contributed by atoms with Crippen LogP contribution in [0.2, 0.25) is 20.1 Å². The summed E-state index contributed by atoms with van der Waals surface area (Å²) in [6, 6.07) is 37.0. The molecule has 6 N–H and O–H groups in total. The van der Waals surface area contributed by atoms with Crippen molar-refractivity contribution in [2.45, 2.75) is 95.9 Å². The van der Waals surface area contributed by atoms with E-state index in [0.29, 0.717) is 44.1 Å². The van der Waals surface area contributed by atoms with Crippen LogP contribution in [0.3, 0.4) is 0 Å². The first-order valence-corrected chi connectivity index (χ1v) is 25.1. The molecule has 0 bridgehead atoms. The van der Waals surface area contributed by atoms with E-state index in [-0.39, 0.29) is 50.3 Å². The molecule has 0 heterocycles. The van der Waals surface area contributed by atoms with Gasteiger partial charge in [-0.05, 0) is 109 Å². The second kappa shape index (κ2) is 30.6. The summed E-state index contributed by atoms with van der Waals surface area (Å²) in [7, 11) is 0. The van der Waals surface area contributed by atoms with Gasteiger partial charge in [-0.25, -0.2) is 0 Å². The van der Waals surface area contributed by atoms with Crippen molar-refractivity contribution in [3.63, 3.8) is 0 Å². The molecule has 0 fully saturated rings. The Morgan fingerprint density at radius 3 is 1.36 bits per heavy atom. The Morgan fingerprint density at radius 1 is 0.434 bits per heavy atom. The number of hydrogen-bond acceptors (Lipinski definition) is 6. The van der Waals surface area contributed by atoms with E-state index in [1.807, 2.05) is 68.4 Å². The molecule has 3 atom stereocenters. The Labute approximate surface area is 458 Å². The second-order valence-electron chi connectivity index (χ2n) is 17.9. The second-order valence-corrected chi connectivity index (χ2v) is 19.6. The zero-order valence-electron chi connectivity index (χ0n) is 41.3. The number of halogens is 7. The van der Waals surface area contributed by atoms with Crippen molar-refractivity contribution >= 4 is 82.0 Å². The number of carbonyl (C=O) groups is 6. The molecule has 0 aliphatic carbocycles. The van der Waals surface area contributed by atoms with Crippen LogP contribution in [0.15, 0.2) is 140 Å². The topological polar surface area (TPSA) is 199 Å². The fraction of sp³-hybridized carbons (Fsp3) is 0.263. The molecule has 0 aliphatic rings. The first kappa shape index (κ1) is 61.6. The summed E-state index contributed by atoms with van der Waals surface area (Å²) in [5.41, 5.74) is 5.87. The summed E-state index contributed by atoms with van der Waals surface area (Å²) in [5, 5.41) is 37.3. The van der Waals surface area contributed by atoms with Gasteiger partial charge < -0.3 is 31.3 Å². The molecular weight excluding hydrogens is 1070 g/mol. The molecule has 12 nitrogen and oxygen atoms in total. The molecule has 6 rings (SSSR count). The van der Waals surface area contributed by atoms with Crippen LogP contribution in [0.5, 0.6) is 0 Å². The highest BCUT2D eigenvalue weighted by atomic mass is 35.5. The minimum absolute atomic E-state index is 0.0146. The van der Waals surface area contributed by atoms with Crippen molar-refractivity contribution in [3.8, 4) is 0 Å². The van der Waals surface area contributed by atoms with Crippen LogP contribution in [0.25, 0.3) is 0 Å². The first-order valence-electron chi connectivity index (χ1n) is 23.6.